The van der Waals surface area contributed by atoms with Crippen molar-refractivity contribution in [3.05, 3.63) is 53.4 Å². The molecule has 1 aromatic carbocycles. The average molecular weight is 314 g/mol. The number of pyridine rings is 1. The maximum atomic E-state index is 13.4. The van der Waals surface area contributed by atoms with Crippen molar-refractivity contribution >= 4 is 5.69 Å². The van der Waals surface area contributed by atoms with Crippen LogP contribution in [-0.4, -0.2) is 18.6 Å². The predicted molar refractivity (Wildman–Crippen MR) is 73.9 cm³/mol. The summed E-state index contributed by atoms with van der Waals surface area (Å²) in [6, 6.07) is 7.35. The van der Waals surface area contributed by atoms with Crippen LogP contribution < -0.4 is 10.1 Å². The molecule has 0 spiro atoms. The zero-order valence-electron chi connectivity index (χ0n) is 11.8. The first-order valence-electron chi connectivity index (χ1n) is 6.59. The molecule has 0 radical (unpaired) electrons. The number of anilines is 1. The molecule has 2 aromatic rings. The van der Waals surface area contributed by atoms with Gasteiger partial charge in [0.15, 0.2) is 0 Å². The van der Waals surface area contributed by atoms with E-state index in [0.29, 0.717) is 18.6 Å². The third-order valence-corrected chi connectivity index (χ3v) is 3.08. The van der Waals surface area contributed by atoms with Crippen molar-refractivity contribution in [1.82, 2.24) is 4.98 Å². The van der Waals surface area contributed by atoms with E-state index in [4.69, 9.17) is 4.74 Å². The van der Waals surface area contributed by atoms with Crippen molar-refractivity contribution in [3.63, 3.8) is 0 Å². The van der Waals surface area contributed by atoms with E-state index in [1.807, 2.05) is 18.2 Å². The number of aromatic nitrogens is 1. The number of benzene rings is 1. The summed E-state index contributed by atoms with van der Waals surface area (Å²) in [5.74, 6) is -5.69. The van der Waals surface area contributed by atoms with Crippen LogP contribution in [0, 0.1) is 23.5 Å². The Bertz CT molecular complexity index is 638. The van der Waals surface area contributed by atoms with Gasteiger partial charge in [-0.15, -0.1) is 0 Å². The van der Waals surface area contributed by atoms with E-state index in [0.717, 1.165) is 5.56 Å². The Morgan fingerprint density at radius 1 is 1.09 bits per heavy atom. The second kappa shape index (κ2) is 7.11. The molecule has 0 aliphatic heterocycles. The van der Waals surface area contributed by atoms with Crippen LogP contribution in [0.1, 0.15) is 12.0 Å². The van der Waals surface area contributed by atoms with Crippen LogP contribution in [0.25, 0.3) is 0 Å². The Kier molecular flexibility index (Phi) is 5.19. The number of halogens is 4. The zero-order valence-corrected chi connectivity index (χ0v) is 11.8. The molecule has 0 atom stereocenters. The zero-order chi connectivity index (χ0) is 16.1. The van der Waals surface area contributed by atoms with E-state index < -0.39 is 29.2 Å². The summed E-state index contributed by atoms with van der Waals surface area (Å²) in [5.41, 5.74) is 0.143. The van der Waals surface area contributed by atoms with E-state index in [9.17, 15) is 17.6 Å². The van der Waals surface area contributed by atoms with Gasteiger partial charge in [-0.3, -0.25) is 0 Å². The number of ether oxygens (including phenoxy) is 1. The molecule has 0 fully saturated rings. The largest absolute Gasteiger partial charge is 0.497 e. The van der Waals surface area contributed by atoms with E-state index in [2.05, 4.69) is 10.3 Å². The molecule has 0 saturated carbocycles. The van der Waals surface area contributed by atoms with E-state index in [1.165, 1.54) is 0 Å². The second-order valence-corrected chi connectivity index (χ2v) is 4.58. The summed E-state index contributed by atoms with van der Waals surface area (Å²) in [4.78, 5) is 2.49. The molecule has 1 heterocycles. The van der Waals surface area contributed by atoms with Crippen LogP contribution in [0.4, 0.5) is 23.2 Å². The Morgan fingerprint density at radius 3 is 2.41 bits per heavy atom. The van der Waals surface area contributed by atoms with Gasteiger partial charge in [-0.1, -0.05) is 12.1 Å². The van der Waals surface area contributed by atoms with Crippen molar-refractivity contribution in [2.24, 2.45) is 0 Å². The minimum Gasteiger partial charge on any atom is -0.497 e. The molecule has 7 heteroatoms. The fourth-order valence-electron chi connectivity index (χ4n) is 1.98. The molecule has 0 bridgehead atoms. The van der Waals surface area contributed by atoms with Gasteiger partial charge in [0.2, 0.25) is 11.6 Å². The molecule has 118 valence electrons. The van der Waals surface area contributed by atoms with Gasteiger partial charge in [0.25, 0.3) is 11.9 Å². The highest BCUT2D eigenvalue weighted by Gasteiger charge is 2.20. The SMILES string of the molecule is COc1cccc(CCCNc2c(F)c(F)nc(F)c2F)c1. The lowest BCUT2D eigenvalue weighted by atomic mass is 10.1. The third-order valence-electron chi connectivity index (χ3n) is 3.08. The van der Waals surface area contributed by atoms with Crippen molar-refractivity contribution in [1.29, 1.82) is 0 Å². The molecule has 1 N–H and O–H groups in total. The molecule has 2 rings (SSSR count). The van der Waals surface area contributed by atoms with Crippen molar-refractivity contribution in [3.8, 4) is 5.75 Å². The van der Waals surface area contributed by atoms with E-state index >= 15 is 0 Å². The molecule has 3 nitrogen and oxygen atoms in total. The summed E-state index contributed by atoms with van der Waals surface area (Å²) in [7, 11) is 1.55. The normalized spacial score (nSPS) is 10.6. The van der Waals surface area contributed by atoms with Crippen molar-refractivity contribution < 1.29 is 22.3 Å². The van der Waals surface area contributed by atoms with Crippen molar-refractivity contribution in [2.75, 3.05) is 19.0 Å². The highest BCUT2D eigenvalue weighted by molar-refractivity contribution is 5.45. The lowest BCUT2D eigenvalue weighted by Gasteiger charge is -2.09. The second-order valence-electron chi connectivity index (χ2n) is 4.58. The molecule has 0 aliphatic rings. The number of hydrogen-bond donors (Lipinski definition) is 1. The third kappa shape index (κ3) is 3.66. The van der Waals surface area contributed by atoms with Gasteiger partial charge >= 0.3 is 0 Å². The Labute approximate surface area is 124 Å². The van der Waals surface area contributed by atoms with Crippen LogP contribution in [-0.2, 0) is 6.42 Å². The number of methoxy groups -OCH3 is 1. The first-order chi connectivity index (χ1) is 10.5. The van der Waals surface area contributed by atoms with Gasteiger partial charge in [0.05, 0.1) is 7.11 Å². The molecular weight excluding hydrogens is 300 g/mol. The summed E-state index contributed by atoms with van der Waals surface area (Å²) in [6.07, 6.45) is 1.13. The Balaban J connectivity index is 1.94. The topological polar surface area (TPSA) is 34.1 Å². The maximum Gasteiger partial charge on any atom is 0.253 e. The van der Waals surface area contributed by atoms with Crippen LogP contribution in [0.3, 0.4) is 0 Å². The summed E-state index contributed by atoms with van der Waals surface area (Å²) < 4.78 is 57.7. The Hall–Kier alpha value is -2.31. The first-order valence-corrected chi connectivity index (χ1v) is 6.59. The van der Waals surface area contributed by atoms with Gasteiger partial charge in [-0.05, 0) is 30.5 Å². The number of aryl methyl sites for hydroxylation is 1. The molecule has 0 saturated heterocycles. The number of nitrogens with zero attached hydrogens (tertiary/aromatic N) is 1. The van der Waals surface area contributed by atoms with Crippen LogP contribution >= 0.6 is 0 Å². The molecule has 1 aromatic heterocycles. The molecule has 0 amide bonds. The van der Waals surface area contributed by atoms with Gasteiger partial charge in [0, 0.05) is 6.54 Å². The predicted octanol–water partition coefficient (Wildman–Crippen LogP) is 3.69. The minimum absolute atomic E-state index is 0.147. The fraction of sp³-hybridized carbons (Fsp3) is 0.267. The average Bonchev–Trinajstić information content (AvgIpc) is 2.52. The van der Waals surface area contributed by atoms with Crippen molar-refractivity contribution in [2.45, 2.75) is 12.8 Å². The highest BCUT2D eigenvalue weighted by Crippen LogP contribution is 2.22. The fourth-order valence-corrected chi connectivity index (χ4v) is 1.98. The Morgan fingerprint density at radius 2 is 1.77 bits per heavy atom. The number of hydrogen-bond acceptors (Lipinski definition) is 3. The minimum atomic E-state index is -1.67. The molecule has 0 aliphatic carbocycles. The molecule has 22 heavy (non-hydrogen) atoms. The molecule has 0 unspecified atom stereocenters. The quantitative estimate of drug-likeness (QED) is 0.501. The number of nitrogens with one attached hydrogen (secondary N) is 1. The summed E-state index contributed by atoms with van der Waals surface area (Å²) in [5, 5.41) is 2.36. The van der Waals surface area contributed by atoms with Crippen LogP contribution in [0.15, 0.2) is 24.3 Å². The smallest absolute Gasteiger partial charge is 0.253 e. The lowest BCUT2D eigenvalue weighted by Crippen LogP contribution is -2.11. The highest BCUT2D eigenvalue weighted by atomic mass is 19.2. The maximum absolute atomic E-state index is 13.4. The van der Waals surface area contributed by atoms with Gasteiger partial charge in [-0.25, -0.2) is 0 Å². The first kappa shape index (κ1) is 16.1. The monoisotopic (exact) mass is 314 g/mol. The molecular formula is C15H14F4N2O. The lowest BCUT2D eigenvalue weighted by molar-refractivity contribution is 0.410. The summed E-state index contributed by atoms with van der Waals surface area (Å²) >= 11 is 0. The van der Waals surface area contributed by atoms with Crippen LogP contribution in [0.2, 0.25) is 0 Å². The van der Waals surface area contributed by atoms with Gasteiger partial charge in [-0.2, -0.15) is 22.5 Å². The summed E-state index contributed by atoms with van der Waals surface area (Å²) in [6.45, 7) is 0.147. The van der Waals surface area contributed by atoms with Gasteiger partial charge < -0.3 is 10.1 Å². The van der Waals surface area contributed by atoms with Gasteiger partial charge in [0.1, 0.15) is 11.4 Å². The van der Waals surface area contributed by atoms with E-state index in [-0.39, 0.29) is 6.54 Å². The van der Waals surface area contributed by atoms with E-state index in [1.54, 1.807) is 13.2 Å². The van der Waals surface area contributed by atoms with Crippen LogP contribution in [0.5, 0.6) is 5.75 Å². The number of rotatable bonds is 6. The standard InChI is InChI=1S/C15H14F4N2O/c1-22-10-6-2-4-9(8-10)5-3-7-20-13-11(16)14(18)21-15(19)12(13)17/h2,4,6,8H,3,5,7H2,1H3,(H,20,21).